The molecule has 3 rings (SSSR count). The number of esters is 2. The summed E-state index contributed by atoms with van der Waals surface area (Å²) in [5.74, 6) is -0.0127. The molecule has 0 unspecified atom stereocenters. The lowest BCUT2D eigenvalue weighted by Gasteiger charge is -2.10. The molecule has 1 heterocycles. The summed E-state index contributed by atoms with van der Waals surface area (Å²) >= 11 is 0. The van der Waals surface area contributed by atoms with Crippen molar-refractivity contribution in [2.24, 2.45) is 4.99 Å². The molecular formula is C19H18N2O4. The molecule has 0 fully saturated rings. The summed E-state index contributed by atoms with van der Waals surface area (Å²) in [5, 5.41) is 3.18. The van der Waals surface area contributed by atoms with Gasteiger partial charge in [-0.2, -0.15) is 0 Å². The van der Waals surface area contributed by atoms with Gasteiger partial charge in [0.05, 0.1) is 13.1 Å². The average molecular weight is 338 g/mol. The minimum absolute atomic E-state index is 0.175. The fourth-order valence-electron chi connectivity index (χ4n) is 2.56. The van der Waals surface area contributed by atoms with Gasteiger partial charge in [0.2, 0.25) is 0 Å². The van der Waals surface area contributed by atoms with Gasteiger partial charge in [-0.05, 0) is 17.7 Å². The van der Waals surface area contributed by atoms with Crippen molar-refractivity contribution in [2.45, 2.75) is 13.5 Å². The molecule has 6 heteroatoms. The quantitative estimate of drug-likeness (QED) is 0.514. The van der Waals surface area contributed by atoms with Crippen LogP contribution in [0, 0.1) is 0 Å². The maximum atomic E-state index is 12.2. The Bertz CT molecular complexity index is 830. The van der Waals surface area contributed by atoms with Gasteiger partial charge in [0, 0.05) is 12.5 Å². The minimum atomic E-state index is -0.535. The molecule has 25 heavy (non-hydrogen) atoms. The second-order valence-electron chi connectivity index (χ2n) is 5.47. The zero-order valence-corrected chi connectivity index (χ0v) is 13.8. The van der Waals surface area contributed by atoms with Crippen molar-refractivity contribution >= 4 is 17.8 Å². The summed E-state index contributed by atoms with van der Waals surface area (Å²) < 4.78 is 10.3. The summed E-state index contributed by atoms with van der Waals surface area (Å²) in [7, 11) is 0. The normalized spacial score (nSPS) is 12.1. The molecule has 0 bridgehead atoms. The van der Waals surface area contributed by atoms with Crippen LogP contribution in [-0.2, 0) is 16.1 Å². The van der Waals surface area contributed by atoms with Crippen molar-refractivity contribution in [1.82, 2.24) is 5.32 Å². The lowest BCUT2D eigenvalue weighted by atomic mass is 10.1. The van der Waals surface area contributed by atoms with E-state index in [1.807, 2.05) is 24.3 Å². The number of nitrogens with zero attached hydrogens (tertiary/aromatic N) is 1. The molecule has 1 aliphatic rings. The van der Waals surface area contributed by atoms with Crippen molar-refractivity contribution in [2.75, 3.05) is 13.2 Å². The molecular weight excluding hydrogens is 320 g/mol. The van der Waals surface area contributed by atoms with Crippen molar-refractivity contribution < 1.29 is 19.1 Å². The molecule has 1 aliphatic heterocycles. The first-order valence-electron chi connectivity index (χ1n) is 7.96. The molecule has 6 nitrogen and oxygen atoms in total. The molecule has 2 aromatic carbocycles. The SMILES string of the molecule is CC(=O)Oc1ccccc1C(=O)OCCNC1=NCc2ccccc21. The highest BCUT2D eigenvalue weighted by molar-refractivity contribution is 6.02. The van der Waals surface area contributed by atoms with Crippen LogP contribution < -0.4 is 10.1 Å². The predicted octanol–water partition coefficient (Wildman–Crippen LogP) is 2.32. The Kier molecular flexibility index (Phi) is 5.09. The van der Waals surface area contributed by atoms with Crippen LogP contribution in [0.1, 0.15) is 28.4 Å². The number of carbonyl (C=O) groups is 2. The van der Waals surface area contributed by atoms with Crippen molar-refractivity contribution in [3.8, 4) is 5.75 Å². The molecule has 2 aromatic rings. The molecule has 0 radical (unpaired) electrons. The monoisotopic (exact) mass is 338 g/mol. The third-order valence-electron chi connectivity index (χ3n) is 3.67. The van der Waals surface area contributed by atoms with E-state index >= 15 is 0 Å². The van der Waals surface area contributed by atoms with E-state index in [0.29, 0.717) is 13.1 Å². The Labute approximate surface area is 145 Å². The first-order chi connectivity index (χ1) is 12.1. The van der Waals surface area contributed by atoms with Gasteiger partial charge in [0.25, 0.3) is 0 Å². The van der Waals surface area contributed by atoms with Crippen molar-refractivity contribution in [3.05, 3.63) is 65.2 Å². The van der Waals surface area contributed by atoms with Crippen molar-refractivity contribution in [3.63, 3.8) is 0 Å². The maximum absolute atomic E-state index is 12.2. The summed E-state index contributed by atoms with van der Waals surface area (Å²) in [6, 6.07) is 14.5. The van der Waals surface area contributed by atoms with E-state index in [0.717, 1.165) is 11.4 Å². The zero-order valence-electron chi connectivity index (χ0n) is 13.8. The molecule has 0 amide bonds. The van der Waals surface area contributed by atoms with E-state index in [2.05, 4.69) is 10.3 Å². The Morgan fingerprint density at radius 3 is 2.72 bits per heavy atom. The number of aliphatic imine (C=N–C) groups is 1. The molecule has 0 saturated carbocycles. The van der Waals surface area contributed by atoms with E-state index in [1.54, 1.807) is 24.3 Å². The largest absolute Gasteiger partial charge is 0.460 e. The topological polar surface area (TPSA) is 77.0 Å². The zero-order chi connectivity index (χ0) is 17.6. The Balaban J connectivity index is 1.52. The van der Waals surface area contributed by atoms with Gasteiger partial charge < -0.3 is 14.8 Å². The van der Waals surface area contributed by atoms with Gasteiger partial charge in [0.15, 0.2) is 0 Å². The van der Waals surface area contributed by atoms with Gasteiger partial charge in [-0.15, -0.1) is 0 Å². The molecule has 0 aromatic heterocycles. The Morgan fingerprint density at radius 2 is 1.88 bits per heavy atom. The summed E-state index contributed by atoms with van der Waals surface area (Å²) in [6.07, 6.45) is 0. The highest BCUT2D eigenvalue weighted by atomic mass is 16.5. The van der Waals surface area contributed by atoms with Gasteiger partial charge >= 0.3 is 11.9 Å². The van der Waals surface area contributed by atoms with E-state index in [9.17, 15) is 9.59 Å². The average Bonchev–Trinajstić information content (AvgIpc) is 3.02. The minimum Gasteiger partial charge on any atom is -0.460 e. The van der Waals surface area contributed by atoms with E-state index in [4.69, 9.17) is 9.47 Å². The maximum Gasteiger partial charge on any atom is 0.342 e. The first kappa shape index (κ1) is 16.7. The number of hydrogen-bond donors (Lipinski definition) is 1. The van der Waals surface area contributed by atoms with Crippen LogP contribution in [0.5, 0.6) is 5.75 Å². The number of hydrogen-bond acceptors (Lipinski definition) is 6. The predicted molar refractivity (Wildman–Crippen MR) is 92.7 cm³/mol. The van der Waals surface area contributed by atoms with E-state index < -0.39 is 11.9 Å². The Hall–Kier alpha value is -3.15. The van der Waals surface area contributed by atoms with Gasteiger partial charge in [-0.25, -0.2) is 4.79 Å². The number of nitrogens with one attached hydrogen (secondary N) is 1. The highest BCUT2D eigenvalue weighted by Crippen LogP contribution is 2.19. The number of benzene rings is 2. The van der Waals surface area contributed by atoms with Crippen LogP contribution in [0.3, 0.4) is 0 Å². The molecule has 0 saturated heterocycles. The second-order valence-corrected chi connectivity index (χ2v) is 5.47. The number of fused-ring (bicyclic) bond motifs is 1. The molecule has 0 aliphatic carbocycles. The van der Waals surface area contributed by atoms with E-state index in [1.165, 1.54) is 12.5 Å². The molecule has 0 spiro atoms. The lowest BCUT2D eigenvalue weighted by molar-refractivity contribution is -0.131. The van der Waals surface area contributed by atoms with Crippen molar-refractivity contribution in [1.29, 1.82) is 0 Å². The fourth-order valence-corrected chi connectivity index (χ4v) is 2.56. The van der Waals surface area contributed by atoms with Crippen LogP contribution in [-0.4, -0.2) is 30.9 Å². The summed E-state index contributed by atoms with van der Waals surface area (Å²) in [6.45, 7) is 2.56. The number of ether oxygens (including phenoxy) is 2. The Morgan fingerprint density at radius 1 is 1.12 bits per heavy atom. The van der Waals surface area contributed by atoms with Crippen LogP contribution in [0.15, 0.2) is 53.5 Å². The lowest BCUT2D eigenvalue weighted by Crippen LogP contribution is -2.28. The second kappa shape index (κ2) is 7.61. The van der Waals surface area contributed by atoms with Crippen LogP contribution >= 0.6 is 0 Å². The van der Waals surface area contributed by atoms with Gasteiger partial charge in [0.1, 0.15) is 23.8 Å². The van der Waals surface area contributed by atoms with Crippen LogP contribution in [0.2, 0.25) is 0 Å². The number of amidine groups is 1. The van der Waals surface area contributed by atoms with E-state index in [-0.39, 0.29) is 17.9 Å². The van der Waals surface area contributed by atoms with Crippen LogP contribution in [0.4, 0.5) is 0 Å². The third-order valence-corrected chi connectivity index (χ3v) is 3.67. The highest BCUT2D eigenvalue weighted by Gasteiger charge is 2.16. The van der Waals surface area contributed by atoms with Gasteiger partial charge in [-0.3, -0.25) is 9.79 Å². The fraction of sp³-hybridized carbons (Fsp3) is 0.211. The van der Waals surface area contributed by atoms with Gasteiger partial charge in [-0.1, -0.05) is 36.4 Å². The molecule has 0 atom stereocenters. The standard InChI is InChI=1S/C19H18N2O4/c1-13(22)25-17-9-5-4-8-16(17)19(23)24-11-10-20-18-15-7-3-2-6-14(15)12-21-18/h2-9H,10-12H2,1H3,(H,20,21). The summed E-state index contributed by atoms with van der Waals surface area (Å²) in [4.78, 5) is 27.7. The number of rotatable bonds is 5. The smallest absolute Gasteiger partial charge is 0.342 e. The molecule has 128 valence electrons. The summed E-state index contributed by atoms with van der Waals surface area (Å²) in [5.41, 5.74) is 2.48. The molecule has 1 N–H and O–H groups in total. The first-order valence-corrected chi connectivity index (χ1v) is 7.96. The third kappa shape index (κ3) is 4.03. The number of carbonyl (C=O) groups excluding carboxylic acids is 2. The van der Waals surface area contributed by atoms with Crippen LogP contribution in [0.25, 0.3) is 0 Å². The number of para-hydroxylation sites is 1.